The summed E-state index contributed by atoms with van der Waals surface area (Å²) in [6, 6.07) is 19.5. The minimum atomic E-state index is -0.822. The van der Waals surface area contributed by atoms with Crippen LogP contribution in [0.1, 0.15) is 34.6 Å². The minimum Gasteiger partial charge on any atom is -0.492 e. The monoisotopic (exact) mass is 424 g/mol. The molecule has 0 saturated carbocycles. The van der Waals surface area contributed by atoms with Gasteiger partial charge in [0.25, 0.3) is 0 Å². The van der Waals surface area contributed by atoms with E-state index in [2.05, 4.69) is 22.0 Å². The minimum absolute atomic E-state index is 0.0664. The van der Waals surface area contributed by atoms with Crippen LogP contribution >= 0.6 is 0 Å². The van der Waals surface area contributed by atoms with Crippen LogP contribution in [0, 0.1) is 11.8 Å². The molecule has 0 radical (unpaired) electrons. The molecule has 1 atom stereocenters. The second kappa shape index (κ2) is 8.48. The molecule has 0 spiro atoms. The molecule has 6 nitrogen and oxygen atoms in total. The van der Waals surface area contributed by atoms with Gasteiger partial charge in [-0.05, 0) is 42.0 Å². The third kappa shape index (κ3) is 4.28. The van der Waals surface area contributed by atoms with Gasteiger partial charge < -0.3 is 14.6 Å². The summed E-state index contributed by atoms with van der Waals surface area (Å²) in [7, 11) is 0. The predicted molar refractivity (Wildman–Crippen MR) is 120 cm³/mol. The Morgan fingerprint density at radius 3 is 2.88 bits per heavy atom. The topological polar surface area (TPSA) is 84.4 Å². The van der Waals surface area contributed by atoms with E-state index in [0.29, 0.717) is 24.7 Å². The number of carboxylic acids is 1. The zero-order valence-corrected chi connectivity index (χ0v) is 17.2. The molecule has 3 aromatic carbocycles. The number of carboxylic acid groups (broad SMARTS) is 1. The van der Waals surface area contributed by atoms with E-state index in [-0.39, 0.29) is 12.3 Å². The number of aliphatic carboxylic acids is 1. The van der Waals surface area contributed by atoms with Gasteiger partial charge in [0.2, 0.25) is 0 Å². The summed E-state index contributed by atoms with van der Waals surface area (Å²) in [6.07, 6.45) is 1.85. The number of aromatic nitrogens is 2. The Bertz CT molecular complexity index is 1360. The molecule has 0 aliphatic carbocycles. The molecule has 0 saturated heterocycles. The lowest BCUT2D eigenvalue weighted by atomic mass is 9.98. The van der Waals surface area contributed by atoms with Gasteiger partial charge in [-0.3, -0.25) is 9.89 Å². The van der Waals surface area contributed by atoms with E-state index in [1.807, 2.05) is 60.7 Å². The van der Waals surface area contributed by atoms with Crippen LogP contribution in [-0.4, -0.2) is 27.9 Å². The number of nitrogens with one attached hydrogen (secondary N) is 1. The van der Waals surface area contributed by atoms with Crippen LogP contribution in [-0.2, 0) is 11.4 Å². The third-order valence-electron chi connectivity index (χ3n) is 5.41. The van der Waals surface area contributed by atoms with E-state index in [4.69, 9.17) is 14.6 Å². The van der Waals surface area contributed by atoms with E-state index in [1.54, 1.807) is 6.20 Å². The van der Waals surface area contributed by atoms with Crippen molar-refractivity contribution in [1.29, 1.82) is 0 Å². The molecule has 0 amide bonds. The summed E-state index contributed by atoms with van der Waals surface area (Å²) in [5.74, 6) is 6.85. The first-order valence-corrected chi connectivity index (χ1v) is 10.3. The Morgan fingerprint density at radius 2 is 2.00 bits per heavy atom. The van der Waals surface area contributed by atoms with Gasteiger partial charge in [0.1, 0.15) is 18.1 Å². The average Bonchev–Trinajstić information content (AvgIpc) is 3.42. The van der Waals surface area contributed by atoms with Crippen molar-refractivity contribution >= 4 is 16.9 Å². The first kappa shape index (κ1) is 19.7. The SMILES string of the molecule is O=C(O)CC1COc2cc(OCc3cccc(C#Cc4ccc5[nH]ncc5c4)c3)ccc21. The van der Waals surface area contributed by atoms with Gasteiger partial charge in [0, 0.05) is 34.1 Å². The van der Waals surface area contributed by atoms with E-state index in [9.17, 15) is 4.79 Å². The molecule has 0 bridgehead atoms. The maximum Gasteiger partial charge on any atom is 0.304 e. The summed E-state index contributed by atoms with van der Waals surface area (Å²) in [6.45, 7) is 0.785. The fourth-order valence-electron chi connectivity index (χ4n) is 3.80. The maximum atomic E-state index is 11.0. The number of hydrogen-bond acceptors (Lipinski definition) is 4. The van der Waals surface area contributed by atoms with Crippen LogP contribution < -0.4 is 9.47 Å². The maximum absolute atomic E-state index is 11.0. The Hall–Kier alpha value is -4.24. The smallest absolute Gasteiger partial charge is 0.304 e. The predicted octanol–water partition coefficient (Wildman–Crippen LogP) is 4.49. The van der Waals surface area contributed by atoms with Gasteiger partial charge in [0.15, 0.2) is 0 Å². The number of H-pyrrole nitrogens is 1. The first-order chi connectivity index (χ1) is 15.6. The number of rotatable bonds is 5. The molecule has 6 heteroatoms. The van der Waals surface area contributed by atoms with Crippen LogP contribution in [0.3, 0.4) is 0 Å². The normalized spacial score (nSPS) is 14.3. The number of aromatic amines is 1. The second-order valence-corrected chi connectivity index (χ2v) is 7.72. The van der Waals surface area contributed by atoms with Gasteiger partial charge >= 0.3 is 5.97 Å². The number of ether oxygens (including phenoxy) is 2. The van der Waals surface area contributed by atoms with Crippen molar-refractivity contribution in [1.82, 2.24) is 10.2 Å². The van der Waals surface area contributed by atoms with E-state index < -0.39 is 5.97 Å². The largest absolute Gasteiger partial charge is 0.492 e. The van der Waals surface area contributed by atoms with Crippen molar-refractivity contribution in [3.8, 4) is 23.3 Å². The van der Waals surface area contributed by atoms with Gasteiger partial charge in [-0.2, -0.15) is 5.10 Å². The second-order valence-electron chi connectivity index (χ2n) is 7.72. The number of nitrogens with zero attached hydrogens (tertiary/aromatic N) is 1. The molecule has 0 fully saturated rings. The number of carbonyl (C=O) groups is 1. The number of benzene rings is 3. The Kier molecular flexibility index (Phi) is 5.22. The summed E-state index contributed by atoms with van der Waals surface area (Å²) in [5.41, 5.74) is 4.76. The van der Waals surface area contributed by atoms with Gasteiger partial charge in [-0.15, -0.1) is 0 Å². The molecule has 4 aromatic rings. The molecule has 1 unspecified atom stereocenters. The lowest BCUT2D eigenvalue weighted by Crippen LogP contribution is -2.07. The lowest BCUT2D eigenvalue weighted by Gasteiger charge is -2.09. The molecule has 32 heavy (non-hydrogen) atoms. The van der Waals surface area contributed by atoms with Crippen molar-refractivity contribution in [2.75, 3.05) is 6.61 Å². The van der Waals surface area contributed by atoms with E-state index in [0.717, 1.165) is 33.2 Å². The quantitative estimate of drug-likeness (QED) is 0.461. The molecule has 2 N–H and O–H groups in total. The van der Waals surface area contributed by atoms with Crippen molar-refractivity contribution in [2.45, 2.75) is 18.9 Å². The molecular weight excluding hydrogens is 404 g/mol. The Morgan fingerprint density at radius 1 is 1.12 bits per heavy atom. The molecule has 1 aliphatic heterocycles. The molecule has 158 valence electrons. The van der Waals surface area contributed by atoms with Crippen molar-refractivity contribution in [3.63, 3.8) is 0 Å². The van der Waals surface area contributed by atoms with Crippen LogP contribution in [0.25, 0.3) is 10.9 Å². The van der Waals surface area contributed by atoms with Crippen LogP contribution in [0.2, 0.25) is 0 Å². The van der Waals surface area contributed by atoms with E-state index in [1.165, 1.54) is 0 Å². The molecule has 1 aliphatic rings. The van der Waals surface area contributed by atoms with Gasteiger partial charge in [-0.1, -0.05) is 30.0 Å². The van der Waals surface area contributed by atoms with Crippen LogP contribution in [0.4, 0.5) is 0 Å². The van der Waals surface area contributed by atoms with Crippen LogP contribution in [0.5, 0.6) is 11.5 Å². The molecular formula is C26H20N2O4. The average molecular weight is 424 g/mol. The highest BCUT2D eigenvalue weighted by Gasteiger charge is 2.26. The zero-order chi connectivity index (χ0) is 21.9. The standard InChI is InChI=1S/C26H20N2O4/c29-26(30)12-21-16-32-25-13-22(7-8-23(21)25)31-15-19-3-1-2-17(10-19)4-5-18-6-9-24-20(11-18)14-27-28-24/h1-3,6-11,13-14,21H,12,15-16H2,(H,27,28)(H,29,30). The first-order valence-electron chi connectivity index (χ1n) is 10.3. The van der Waals surface area contributed by atoms with Gasteiger partial charge in [0.05, 0.1) is 24.7 Å². The Labute approximate surface area is 184 Å². The fraction of sp³-hybridized carbons (Fsp3) is 0.154. The van der Waals surface area contributed by atoms with E-state index >= 15 is 0 Å². The highest BCUT2D eigenvalue weighted by molar-refractivity contribution is 5.79. The van der Waals surface area contributed by atoms with Crippen molar-refractivity contribution in [3.05, 3.63) is 89.1 Å². The lowest BCUT2D eigenvalue weighted by molar-refractivity contribution is -0.137. The van der Waals surface area contributed by atoms with Crippen molar-refractivity contribution < 1.29 is 19.4 Å². The Balaban J connectivity index is 1.25. The van der Waals surface area contributed by atoms with Crippen molar-refractivity contribution in [2.24, 2.45) is 0 Å². The molecule has 5 rings (SSSR count). The number of fused-ring (bicyclic) bond motifs is 2. The fourth-order valence-corrected chi connectivity index (χ4v) is 3.80. The molecule has 2 heterocycles. The summed E-state index contributed by atoms with van der Waals surface area (Å²) >= 11 is 0. The summed E-state index contributed by atoms with van der Waals surface area (Å²) in [4.78, 5) is 11.0. The highest BCUT2D eigenvalue weighted by Crippen LogP contribution is 2.38. The zero-order valence-electron chi connectivity index (χ0n) is 17.2. The summed E-state index contributed by atoms with van der Waals surface area (Å²) < 4.78 is 11.6. The van der Waals surface area contributed by atoms with Gasteiger partial charge in [-0.25, -0.2) is 0 Å². The third-order valence-corrected chi connectivity index (χ3v) is 5.41. The van der Waals surface area contributed by atoms with Crippen LogP contribution in [0.15, 0.2) is 66.9 Å². The molecule has 1 aromatic heterocycles. The highest BCUT2D eigenvalue weighted by atomic mass is 16.5. The number of hydrogen-bond donors (Lipinski definition) is 2. The summed E-state index contributed by atoms with van der Waals surface area (Å²) in [5, 5.41) is 17.0.